The molecule has 1 aromatic rings. The number of carbonyl (C=O) groups excluding carboxylic acids is 1. The predicted molar refractivity (Wildman–Crippen MR) is 55.5 cm³/mol. The van der Waals surface area contributed by atoms with Gasteiger partial charge in [-0.2, -0.15) is 0 Å². The third-order valence-electron chi connectivity index (χ3n) is 2.16. The van der Waals surface area contributed by atoms with Crippen molar-refractivity contribution in [1.82, 2.24) is 0 Å². The highest BCUT2D eigenvalue weighted by atomic mass is 16.5. The van der Waals surface area contributed by atoms with Crippen LogP contribution in [0.15, 0.2) is 12.1 Å². The van der Waals surface area contributed by atoms with Crippen LogP contribution < -0.4 is 10.5 Å². The SMILES string of the molecule is COc1c(C)cc(C)cc1C(N)C=O. The van der Waals surface area contributed by atoms with Gasteiger partial charge >= 0.3 is 0 Å². The fourth-order valence-corrected chi connectivity index (χ4v) is 1.59. The van der Waals surface area contributed by atoms with Gasteiger partial charge in [0.1, 0.15) is 12.0 Å². The Balaban J connectivity index is 3.31. The molecule has 2 N–H and O–H groups in total. The fourth-order valence-electron chi connectivity index (χ4n) is 1.59. The lowest BCUT2D eigenvalue weighted by molar-refractivity contribution is -0.109. The van der Waals surface area contributed by atoms with E-state index in [2.05, 4.69) is 0 Å². The number of rotatable bonds is 3. The summed E-state index contributed by atoms with van der Waals surface area (Å²) < 4.78 is 5.22. The number of benzene rings is 1. The van der Waals surface area contributed by atoms with Crippen LogP contribution >= 0.6 is 0 Å². The van der Waals surface area contributed by atoms with Gasteiger partial charge in [0.15, 0.2) is 0 Å². The summed E-state index contributed by atoms with van der Waals surface area (Å²) in [5.74, 6) is 0.704. The van der Waals surface area contributed by atoms with Gasteiger partial charge in [-0.3, -0.25) is 0 Å². The van der Waals surface area contributed by atoms with Crippen molar-refractivity contribution in [2.24, 2.45) is 5.73 Å². The fraction of sp³-hybridized carbons (Fsp3) is 0.364. The smallest absolute Gasteiger partial charge is 0.141 e. The Morgan fingerprint density at radius 3 is 2.57 bits per heavy atom. The van der Waals surface area contributed by atoms with E-state index in [1.807, 2.05) is 26.0 Å². The molecule has 14 heavy (non-hydrogen) atoms. The third-order valence-corrected chi connectivity index (χ3v) is 2.16. The molecule has 0 bridgehead atoms. The van der Waals surface area contributed by atoms with Crippen LogP contribution in [0.3, 0.4) is 0 Å². The molecular formula is C11H15NO2. The number of hydrogen-bond acceptors (Lipinski definition) is 3. The molecule has 0 aliphatic heterocycles. The predicted octanol–water partition coefficient (Wildman–Crippen LogP) is 1.51. The number of hydrogen-bond donors (Lipinski definition) is 1. The molecule has 76 valence electrons. The second-order valence-corrected chi connectivity index (χ2v) is 3.37. The highest BCUT2D eigenvalue weighted by Gasteiger charge is 2.13. The zero-order valence-electron chi connectivity index (χ0n) is 8.70. The van der Waals surface area contributed by atoms with Crippen LogP contribution in [0, 0.1) is 13.8 Å². The number of nitrogens with two attached hydrogens (primary N) is 1. The van der Waals surface area contributed by atoms with Gasteiger partial charge < -0.3 is 15.3 Å². The molecule has 1 rings (SSSR count). The Hall–Kier alpha value is -1.35. The van der Waals surface area contributed by atoms with E-state index in [0.29, 0.717) is 5.75 Å². The molecule has 1 atom stereocenters. The Morgan fingerprint density at radius 1 is 1.43 bits per heavy atom. The minimum atomic E-state index is -0.608. The zero-order chi connectivity index (χ0) is 10.7. The van der Waals surface area contributed by atoms with Crippen molar-refractivity contribution in [3.63, 3.8) is 0 Å². The molecule has 1 aromatic carbocycles. The molecule has 0 saturated carbocycles. The monoisotopic (exact) mass is 193 g/mol. The van der Waals surface area contributed by atoms with Crippen molar-refractivity contribution < 1.29 is 9.53 Å². The highest BCUT2D eigenvalue weighted by Crippen LogP contribution is 2.28. The van der Waals surface area contributed by atoms with Crippen molar-refractivity contribution in [3.05, 3.63) is 28.8 Å². The summed E-state index contributed by atoms with van der Waals surface area (Å²) >= 11 is 0. The normalized spacial score (nSPS) is 12.3. The van der Waals surface area contributed by atoms with Crippen LogP contribution in [-0.4, -0.2) is 13.4 Å². The number of aryl methyl sites for hydroxylation is 2. The molecule has 3 nitrogen and oxygen atoms in total. The van der Waals surface area contributed by atoms with Crippen molar-refractivity contribution in [1.29, 1.82) is 0 Å². The maximum atomic E-state index is 10.6. The second-order valence-electron chi connectivity index (χ2n) is 3.37. The molecule has 1 unspecified atom stereocenters. The zero-order valence-corrected chi connectivity index (χ0v) is 8.70. The summed E-state index contributed by atoms with van der Waals surface area (Å²) in [6.45, 7) is 3.90. The topological polar surface area (TPSA) is 52.3 Å². The largest absolute Gasteiger partial charge is 0.496 e. The van der Waals surface area contributed by atoms with Crippen LogP contribution in [-0.2, 0) is 4.79 Å². The van der Waals surface area contributed by atoms with E-state index in [0.717, 1.165) is 23.0 Å². The Labute approximate surface area is 83.9 Å². The minimum absolute atomic E-state index is 0.608. The summed E-state index contributed by atoms with van der Waals surface area (Å²) in [4.78, 5) is 10.6. The van der Waals surface area contributed by atoms with Crippen LogP contribution in [0.2, 0.25) is 0 Å². The summed E-state index contributed by atoms with van der Waals surface area (Å²) in [7, 11) is 1.58. The van der Waals surface area contributed by atoms with Crippen LogP contribution in [0.25, 0.3) is 0 Å². The summed E-state index contributed by atoms with van der Waals surface area (Å²) in [6, 6.07) is 3.27. The second kappa shape index (κ2) is 4.24. The summed E-state index contributed by atoms with van der Waals surface area (Å²) in [6.07, 6.45) is 0.719. The van der Waals surface area contributed by atoms with Crippen molar-refractivity contribution in [2.75, 3.05) is 7.11 Å². The van der Waals surface area contributed by atoms with Gasteiger partial charge in [0.05, 0.1) is 13.2 Å². The van der Waals surface area contributed by atoms with E-state index >= 15 is 0 Å². The molecule has 0 fully saturated rings. The van der Waals surface area contributed by atoms with Crippen LogP contribution in [0.4, 0.5) is 0 Å². The number of ether oxygens (including phenoxy) is 1. The van der Waals surface area contributed by atoms with Gasteiger partial charge in [-0.1, -0.05) is 17.7 Å². The van der Waals surface area contributed by atoms with Gasteiger partial charge in [-0.15, -0.1) is 0 Å². The van der Waals surface area contributed by atoms with Gasteiger partial charge in [0, 0.05) is 5.56 Å². The maximum absolute atomic E-state index is 10.6. The third kappa shape index (κ3) is 1.93. The molecule has 0 aliphatic rings. The van der Waals surface area contributed by atoms with E-state index < -0.39 is 6.04 Å². The van der Waals surface area contributed by atoms with Gasteiger partial charge in [-0.25, -0.2) is 0 Å². The van der Waals surface area contributed by atoms with Crippen LogP contribution in [0.1, 0.15) is 22.7 Å². The van der Waals surface area contributed by atoms with Crippen molar-refractivity contribution >= 4 is 6.29 Å². The Kier molecular flexibility index (Phi) is 3.25. The van der Waals surface area contributed by atoms with Gasteiger partial charge in [-0.05, 0) is 19.4 Å². The van der Waals surface area contributed by atoms with E-state index in [4.69, 9.17) is 10.5 Å². The van der Waals surface area contributed by atoms with E-state index in [1.54, 1.807) is 7.11 Å². The average molecular weight is 193 g/mol. The number of methoxy groups -OCH3 is 1. The quantitative estimate of drug-likeness (QED) is 0.740. The highest BCUT2D eigenvalue weighted by molar-refractivity contribution is 5.64. The van der Waals surface area contributed by atoms with Crippen LogP contribution in [0.5, 0.6) is 5.75 Å². The lowest BCUT2D eigenvalue weighted by Gasteiger charge is -2.14. The Bertz CT molecular complexity index is 347. The standard InChI is InChI=1S/C11H15NO2/c1-7-4-8(2)11(14-3)9(5-7)10(12)6-13/h4-6,10H,12H2,1-3H3. The Morgan fingerprint density at radius 2 is 2.07 bits per heavy atom. The minimum Gasteiger partial charge on any atom is -0.496 e. The molecule has 0 spiro atoms. The van der Waals surface area contributed by atoms with Crippen molar-refractivity contribution in [2.45, 2.75) is 19.9 Å². The molecule has 0 amide bonds. The maximum Gasteiger partial charge on any atom is 0.141 e. The molecule has 0 aliphatic carbocycles. The first-order chi connectivity index (χ1) is 6.60. The summed E-state index contributed by atoms with van der Waals surface area (Å²) in [5.41, 5.74) is 8.49. The first-order valence-electron chi connectivity index (χ1n) is 4.46. The molecule has 0 aromatic heterocycles. The summed E-state index contributed by atoms with van der Waals surface area (Å²) in [5, 5.41) is 0. The van der Waals surface area contributed by atoms with Gasteiger partial charge in [0.2, 0.25) is 0 Å². The number of aldehydes is 1. The van der Waals surface area contributed by atoms with Crippen molar-refractivity contribution in [3.8, 4) is 5.75 Å². The first-order valence-corrected chi connectivity index (χ1v) is 4.46. The molecule has 3 heteroatoms. The number of carbonyl (C=O) groups is 1. The molecule has 0 saturated heterocycles. The van der Waals surface area contributed by atoms with Gasteiger partial charge in [0.25, 0.3) is 0 Å². The molecular weight excluding hydrogens is 178 g/mol. The van der Waals surface area contributed by atoms with E-state index in [9.17, 15) is 4.79 Å². The van der Waals surface area contributed by atoms with E-state index in [1.165, 1.54) is 0 Å². The first kappa shape index (κ1) is 10.7. The molecule has 0 radical (unpaired) electrons. The lowest BCUT2D eigenvalue weighted by atomic mass is 10.0. The average Bonchev–Trinajstić information content (AvgIpc) is 2.15. The molecule has 0 heterocycles. The van der Waals surface area contributed by atoms with E-state index in [-0.39, 0.29) is 0 Å². The lowest BCUT2D eigenvalue weighted by Crippen LogP contribution is -2.13.